The number of nitrogens with one attached hydrogen (secondary N) is 1. The lowest BCUT2D eigenvalue weighted by molar-refractivity contribution is 0.860. The Labute approximate surface area is 112 Å². The van der Waals surface area contributed by atoms with Crippen LogP contribution in [0.1, 0.15) is 19.2 Å². The maximum absolute atomic E-state index is 11.8. The molecule has 3 N–H and O–H groups in total. The van der Waals surface area contributed by atoms with E-state index in [0.717, 1.165) is 18.7 Å². The topological polar surface area (TPSA) is 75.0 Å². The normalized spacial score (nSPS) is 10.4. The van der Waals surface area contributed by atoms with Crippen molar-refractivity contribution in [3.63, 3.8) is 0 Å². The maximum Gasteiger partial charge on any atom is 0.276 e. The van der Waals surface area contributed by atoms with Gasteiger partial charge in [-0.2, -0.15) is 0 Å². The zero-order valence-electron chi connectivity index (χ0n) is 11.2. The molecule has 0 saturated heterocycles. The molecule has 5 nitrogen and oxygen atoms in total. The van der Waals surface area contributed by atoms with Crippen molar-refractivity contribution in [2.24, 2.45) is 0 Å². The molecule has 0 spiro atoms. The molecule has 1 heterocycles. The van der Waals surface area contributed by atoms with E-state index >= 15 is 0 Å². The molecule has 0 aliphatic heterocycles. The quantitative estimate of drug-likeness (QED) is 0.881. The molecule has 0 saturated carbocycles. The number of hydrogen-bond donors (Lipinski definition) is 2. The van der Waals surface area contributed by atoms with Gasteiger partial charge >= 0.3 is 0 Å². The Balaban J connectivity index is 2.54. The third-order valence-corrected chi connectivity index (χ3v) is 2.82. The Bertz CT molecular complexity index is 607. The number of aromatic nitrogens is 2. The molecule has 0 unspecified atom stereocenters. The molecule has 0 radical (unpaired) electrons. The van der Waals surface area contributed by atoms with Crippen molar-refractivity contribution >= 4 is 17.2 Å². The van der Waals surface area contributed by atoms with E-state index in [1.807, 2.05) is 35.2 Å². The first kappa shape index (κ1) is 13.1. The highest BCUT2D eigenvalue weighted by molar-refractivity contribution is 5.70. The summed E-state index contributed by atoms with van der Waals surface area (Å²) in [6.45, 7) is 4.58. The van der Waals surface area contributed by atoms with Gasteiger partial charge in [-0.1, -0.05) is 25.1 Å². The second kappa shape index (κ2) is 5.56. The lowest BCUT2D eigenvalue weighted by Gasteiger charge is -2.24. The first-order valence-electron chi connectivity index (χ1n) is 6.32. The summed E-state index contributed by atoms with van der Waals surface area (Å²) in [6, 6.07) is 9.82. The van der Waals surface area contributed by atoms with E-state index in [9.17, 15) is 4.79 Å². The molecule has 2 rings (SSSR count). The first-order valence-corrected chi connectivity index (χ1v) is 6.32. The smallest absolute Gasteiger partial charge is 0.276 e. The maximum atomic E-state index is 11.8. The minimum absolute atomic E-state index is 0.155. The van der Waals surface area contributed by atoms with Crippen molar-refractivity contribution in [2.75, 3.05) is 17.2 Å². The highest BCUT2D eigenvalue weighted by atomic mass is 16.1. The molecule has 2 aromatic rings. The van der Waals surface area contributed by atoms with Crippen LogP contribution in [0.5, 0.6) is 0 Å². The molecule has 0 fully saturated rings. The summed E-state index contributed by atoms with van der Waals surface area (Å²) in [4.78, 5) is 20.7. The van der Waals surface area contributed by atoms with Crippen molar-refractivity contribution in [1.82, 2.24) is 9.97 Å². The Kier molecular flexibility index (Phi) is 3.85. The summed E-state index contributed by atoms with van der Waals surface area (Å²) in [7, 11) is 0. The second-order valence-corrected chi connectivity index (χ2v) is 4.38. The average molecular weight is 258 g/mol. The number of anilines is 3. The molecule has 0 aliphatic carbocycles. The van der Waals surface area contributed by atoms with Gasteiger partial charge in [0, 0.05) is 12.2 Å². The van der Waals surface area contributed by atoms with Crippen LogP contribution in [-0.4, -0.2) is 16.5 Å². The van der Waals surface area contributed by atoms with Crippen LogP contribution in [0.3, 0.4) is 0 Å². The number of nitrogens with two attached hydrogens (primary N) is 1. The molecule has 5 heteroatoms. The van der Waals surface area contributed by atoms with E-state index in [0.29, 0.717) is 11.6 Å². The number of H-pyrrole nitrogens is 1. The van der Waals surface area contributed by atoms with Gasteiger partial charge in [-0.05, 0) is 25.5 Å². The highest BCUT2D eigenvalue weighted by Gasteiger charge is 2.15. The third kappa shape index (κ3) is 2.76. The molecular formula is C14H18N4O. The number of para-hydroxylation sites is 1. The number of hydrogen-bond acceptors (Lipinski definition) is 4. The summed E-state index contributed by atoms with van der Waals surface area (Å²) >= 11 is 0. The van der Waals surface area contributed by atoms with Gasteiger partial charge in [0.05, 0.1) is 0 Å². The summed E-state index contributed by atoms with van der Waals surface area (Å²) in [5.41, 5.74) is 6.72. The first-order chi connectivity index (χ1) is 9.13. The summed E-state index contributed by atoms with van der Waals surface area (Å²) in [6.07, 6.45) is 0.932. The molecule has 1 aromatic heterocycles. The molecule has 0 amide bonds. The third-order valence-electron chi connectivity index (χ3n) is 2.82. The predicted molar refractivity (Wildman–Crippen MR) is 77.7 cm³/mol. The molecular weight excluding hydrogens is 240 g/mol. The number of nitrogen functional groups attached to an aromatic ring is 1. The van der Waals surface area contributed by atoms with Crippen LogP contribution >= 0.6 is 0 Å². The van der Waals surface area contributed by atoms with Crippen molar-refractivity contribution in [3.05, 3.63) is 46.5 Å². The van der Waals surface area contributed by atoms with Gasteiger partial charge in [0.1, 0.15) is 11.5 Å². The van der Waals surface area contributed by atoms with Gasteiger partial charge < -0.3 is 15.6 Å². The van der Waals surface area contributed by atoms with Crippen LogP contribution in [0.2, 0.25) is 0 Å². The zero-order valence-corrected chi connectivity index (χ0v) is 11.2. The van der Waals surface area contributed by atoms with Crippen molar-refractivity contribution in [2.45, 2.75) is 20.3 Å². The Hall–Kier alpha value is -2.30. The molecule has 0 aliphatic rings. The zero-order chi connectivity index (χ0) is 13.8. The van der Waals surface area contributed by atoms with Crippen molar-refractivity contribution in [1.29, 1.82) is 0 Å². The van der Waals surface area contributed by atoms with Gasteiger partial charge in [-0.25, -0.2) is 4.98 Å². The Morgan fingerprint density at radius 1 is 1.32 bits per heavy atom. The van der Waals surface area contributed by atoms with Crippen LogP contribution in [0.4, 0.5) is 17.2 Å². The van der Waals surface area contributed by atoms with Gasteiger partial charge in [0.15, 0.2) is 5.82 Å². The van der Waals surface area contributed by atoms with Crippen LogP contribution < -0.4 is 16.2 Å². The predicted octanol–water partition coefficient (Wildman–Crippen LogP) is 2.21. The van der Waals surface area contributed by atoms with E-state index in [1.165, 1.54) is 0 Å². The standard InChI is InChI=1S/C14H18N4O/c1-3-9-18(11-7-5-4-6-8-11)13-12(15)14(19)17-10(2)16-13/h4-8H,3,9,15H2,1-2H3,(H,16,17,19). The van der Waals surface area contributed by atoms with Gasteiger partial charge in [0.25, 0.3) is 5.56 Å². The summed E-state index contributed by atoms with van der Waals surface area (Å²) in [5.74, 6) is 1.08. The lowest BCUT2D eigenvalue weighted by atomic mass is 10.2. The van der Waals surface area contributed by atoms with Crippen LogP contribution in [0, 0.1) is 6.92 Å². The van der Waals surface area contributed by atoms with Gasteiger partial charge in [-0.15, -0.1) is 0 Å². The number of rotatable bonds is 4. The highest BCUT2D eigenvalue weighted by Crippen LogP contribution is 2.26. The fourth-order valence-electron chi connectivity index (χ4n) is 1.97. The number of nitrogens with zero attached hydrogens (tertiary/aromatic N) is 2. The second-order valence-electron chi connectivity index (χ2n) is 4.38. The Morgan fingerprint density at radius 3 is 2.63 bits per heavy atom. The molecule has 100 valence electrons. The largest absolute Gasteiger partial charge is 0.391 e. The Morgan fingerprint density at radius 2 is 2.00 bits per heavy atom. The van der Waals surface area contributed by atoms with Crippen LogP contribution in [-0.2, 0) is 0 Å². The number of benzene rings is 1. The van der Waals surface area contributed by atoms with E-state index in [-0.39, 0.29) is 11.2 Å². The number of aromatic amines is 1. The van der Waals surface area contributed by atoms with E-state index in [1.54, 1.807) is 6.92 Å². The van der Waals surface area contributed by atoms with Crippen LogP contribution in [0.25, 0.3) is 0 Å². The minimum Gasteiger partial charge on any atom is -0.391 e. The SMILES string of the molecule is CCCN(c1ccccc1)c1nc(C)[nH]c(=O)c1N. The number of aryl methyl sites for hydroxylation is 1. The van der Waals surface area contributed by atoms with E-state index < -0.39 is 0 Å². The average Bonchev–Trinajstić information content (AvgIpc) is 2.41. The minimum atomic E-state index is -0.292. The fraction of sp³-hybridized carbons (Fsp3) is 0.286. The summed E-state index contributed by atoms with van der Waals surface area (Å²) in [5, 5.41) is 0. The van der Waals surface area contributed by atoms with Gasteiger partial charge in [-0.3, -0.25) is 4.79 Å². The summed E-state index contributed by atoms with van der Waals surface area (Å²) < 4.78 is 0. The monoisotopic (exact) mass is 258 g/mol. The fourth-order valence-corrected chi connectivity index (χ4v) is 1.97. The van der Waals surface area contributed by atoms with Crippen molar-refractivity contribution in [3.8, 4) is 0 Å². The molecule has 1 aromatic carbocycles. The van der Waals surface area contributed by atoms with Crippen molar-refractivity contribution < 1.29 is 0 Å². The van der Waals surface area contributed by atoms with Crippen LogP contribution in [0.15, 0.2) is 35.1 Å². The molecule has 0 atom stereocenters. The molecule has 19 heavy (non-hydrogen) atoms. The van der Waals surface area contributed by atoms with E-state index in [2.05, 4.69) is 16.9 Å². The molecule has 0 bridgehead atoms. The van der Waals surface area contributed by atoms with Gasteiger partial charge in [0.2, 0.25) is 0 Å². The van der Waals surface area contributed by atoms with E-state index in [4.69, 9.17) is 5.73 Å². The lowest BCUT2D eigenvalue weighted by Crippen LogP contribution is -2.25.